The van der Waals surface area contributed by atoms with E-state index in [1.807, 2.05) is 0 Å². The molecule has 0 aliphatic carbocycles. The van der Waals surface area contributed by atoms with Crippen molar-refractivity contribution in [1.29, 1.82) is 0 Å². The van der Waals surface area contributed by atoms with Crippen LogP contribution < -0.4 is 0 Å². The van der Waals surface area contributed by atoms with Crippen LogP contribution >= 0.6 is 0 Å². The van der Waals surface area contributed by atoms with Crippen LogP contribution in [-0.2, 0) is 9.84 Å². The molecule has 1 aromatic carbocycles. The van der Waals surface area contributed by atoms with Gasteiger partial charge in [0.2, 0.25) is 0 Å². The summed E-state index contributed by atoms with van der Waals surface area (Å²) in [6.07, 6.45) is -11.5. The summed E-state index contributed by atoms with van der Waals surface area (Å²) in [5, 5.41) is 0. The highest BCUT2D eigenvalue weighted by Gasteiger charge is 2.21. The Kier molecular flexibility index (Phi) is 1.54. The summed E-state index contributed by atoms with van der Waals surface area (Å²) in [6, 6.07) is 3.17. The van der Waals surface area contributed by atoms with Crippen molar-refractivity contribution in [3.8, 4) is 0 Å². The molecule has 1 fully saturated rings. The molecular weight excluding hydrogens is 258 g/mol. The van der Waals surface area contributed by atoms with Crippen LogP contribution in [0.4, 0.5) is 0 Å². The van der Waals surface area contributed by atoms with Crippen LogP contribution in [0.3, 0.4) is 0 Å². The number of benzene rings is 1. The number of nitrogens with zero attached hydrogens (tertiary/aromatic N) is 1. The van der Waals surface area contributed by atoms with Gasteiger partial charge in [-0.25, -0.2) is 8.42 Å². The highest BCUT2D eigenvalue weighted by atomic mass is 32.2. The Morgan fingerprint density at radius 1 is 1.63 bits per heavy atom. The topological polar surface area (TPSA) is 37.4 Å². The van der Waals surface area contributed by atoms with Gasteiger partial charge in [-0.15, -0.1) is 0 Å². The molecule has 1 heterocycles. The van der Waals surface area contributed by atoms with Gasteiger partial charge in [-0.1, -0.05) is 19.1 Å². The molecule has 1 aromatic rings. The van der Waals surface area contributed by atoms with Gasteiger partial charge < -0.3 is 4.90 Å². The average Bonchev–Trinajstić information content (AvgIpc) is 2.64. The molecule has 3 nitrogen and oxygen atoms in total. The van der Waals surface area contributed by atoms with Crippen LogP contribution in [0.1, 0.15) is 56.7 Å². The quantitative estimate of drug-likeness (QED) is 0.857. The molecule has 0 spiro atoms. The van der Waals surface area contributed by atoms with Crippen molar-refractivity contribution in [2.24, 2.45) is 0 Å². The molecule has 1 atom stereocenters. The van der Waals surface area contributed by atoms with Gasteiger partial charge in [0.15, 0.2) is 9.84 Å². The molecule has 2 rings (SSSR count). The Bertz CT molecular complexity index is 1040. The van der Waals surface area contributed by atoms with Gasteiger partial charge in [0.1, 0.15) is 0 Å². The summed E-state index contributed by atoms with van der Waals surface area (Å²) >= 11 is 0. The predicted molar refractivity (Wildman–Crippen MR) is 78.3 cm³/mol. The molecule has 106 valence electrons. The number of piperidine rings is 1. The van der Waals surface area contributed by atoms with Crippen molar-refractivity contribution >= 4 is 9.84 Å². The molecule has 19 heavy (non-hydrogen) atoms. The van der Waals surface area contributed by atoms with E-state index in [4.69, 9.17) is 19.2 Å². The highest BCUT2D eigenvalue weighted by Crippen LogP contribution is 2.28. The average molecular weight is 296 g/mol. The van der Waals surface area contributed by atoms with Crippen molar-refractivity contribution in [1.82, 2.24) is 4.90 Å². The zero-order valence-electron chi connectivity index (χ0n) is 24.2. The monoisotopic (exact) mass is 295 g/mol. The standard InChI is InChI=1S/C15H23NO2S/c1-3-9-16-10-5-7-14(12-16)13-6-4-8-15(11-13)19(2,17)18/h4,6,8,11,14H,3,5,7,9-10,12H2,1-2H3/t14-/m0/s1/i2D3,5D2,7D2,9D2,10D2,12D2,14D. The van der Waals surface area contributed by atoms with E-state index >= 15 is 0 Å². The first kappa shape index (κ1) is 4.85. The lowest BCUT2D eigenvalue weighted by Crippen LogP contribution is -2.34. The second-order valence-electron chi connectivity index (χ2n) is 3.73. The van der Waals surface area contributed by atoms with E-state index in [0.29, 0.717) is 6.07 Å². The third kappa shape index (κ3) is 3.80. The van der Waals surface area contributed by atoms with Gasteiger partial charge in [-0.3, -0.25) is 0 Å². The largest absolute Gasteiger partial charge is 0.303 e. The van der Waals surface area contributed by atoms with E-state index in [-0.39, 0.29) is 4.90 Å². The molecule has 0 radical (unpaired) electrons. The first-order chi connectivity index (χ1) is 14.4. The van der Waals surface area contributed by atoms with Crippen molar-refractivity contribution in [2.45, 2.75) is 36.9 Å². The van der Waals surface area contributed by atoms with Gasteiger partial charge in [0, 0.05) is 31.9 Å². The fraction of sp³-hybridized carbons (Fsp3) is 0.600. The molecule has 1 aliphatic rings. The molecule has 0 aromatic heterocycles. The maximum Gasteiger partial charge on any atom is 0.175 e. The van der Waals surface area contributed by atoms with Gasteiger partial charge in [-0.05, 0) is 55.8 Å². The summed E-state index contributed by atoms with van der Waals surface area (Å²) in [4.78, 5) is -1.08. The molecular formula is C15H23NO2S. The molecule has 1 saturated heterocycles. The SMILES string of the molecule is [2H]C([2H])(CC)N1C([2H])([2H])C([2H])([2H])C([2H])([2H])[C@]([2H])(c2cccc(S(=O)(=O)C([2H])([2H])[2H])c2)C1([2H])[2H]. The molecule has 0 amide bonds. The Hall–Kier alpha value is -0.870. The van der Waals surface area contributed by atoms with Crippen LogP contribution in [-0.4, -0.2) is 39.0 Å². The van der Waals surface area contributed by atoms with Crippen LogP contribution in [0.15, 0.2) is 29.2 Å². The minimum atomic E-state index is -5.02. The minimum Gasteiger partial charge on any atom is -0.303 e. The van der Waals surface area contributed by atoms with E-state index in [1.54, 1.807) is 0 Å². The Morgan fingerprint density at radius 3 is 3.21 bits per heavy atom. The highest BCUT2D eigenvalue weighted by molar-refractivity contribution is 7.90. The minimum absolute atomic E-state index is 0.174. The fourth-order valence-electron chi connectivity index (χ4n) is 1.51. The number of hydrogen-bond acceptors (Lipinski definition) is 3. The van der Waals surface area contributed by atoms with Crippen LogP contribution in [0, 0.1) is 0 Å². The third-order valence-electron chi connectivity index (χ3n) is 2.33. The van der Waals surface area contributed by atoms with Crippen LogP contribution in [0.25, 0.3) is 0 Å². The molecule has 0 bridgehead atoms. The Labute approximate surface area is 136 Å². The molecule has 1 aliphatic heterocycles. The van der Waals surface area contributed by atoms with E-state index in [9.17, 15) is 8.42 Å². The van der Waals surface area contributed by atoms with Gasteiger partial charge in [0.25, 0.3) is 0 Å². The fourth-order valence-corrected chi connectivity index (χ4v) is 2.05. The Balaban J connectivity index is 2.99. The lowest BCUT2D eigenvalue weighted by molar-refractivity contribution is 0.208. The van der Waals surface area contributed by atoms with E-state index < -0.39 is 71.0 Å². The normalized spacial score (nSPS) is 48.3. The summed E-state index contributed by atoms with van der Waals surface area (Å²) in [5.74, 6) is -3.45. The maximum atomic E-state index is 12.4. The molecule has 0 unspecified atom stereocenters. The second-order valence-corrected chi connectivity index (χ2v) is 5.21. The van der Waals surface area contributed by atoms with Crippen LogP contribution in [0.5, 0.6) is 0 Å². The van der Waals surface area contributed by atoms with Crippen molar-refractivity contribution in [2.75, 3.05) is 25.7 Å². The van der Waals surface area contributed by atoms with Gasteiger partial charge in [0.05, 0.1) is 4.90 Å². The van der Waals surface area contributed by atoms with E-state index in [2.05, 4.69) is 0 Å². The zero-order chi connectivity index (χ0) is 26.3. The van der Waals surface area contributed by atoms with Gasteiger partial charge >= 0.3 is 0 Å². The second kappa shape index (κ2) is 6.06. The van der Waals surface area contributed by atoms with Crippen molar-refractivity contribution in [3.63, 3.8) is 0 Å². The van der Waals surface area contributed by atoms with Crippen molar-refractivity contribution < 1.29 is 27.6 Å². The predicted octanol–water partition coefficient (Wildman–Crippen LogP) is 2.68. The molecule has 4 heteroatoms. The molecule has 0 saturated carbocycles. The number of sulfone groups is 1. The lowest BCUT2D eigenvalue weighted by atomic mass is 9.90. The summed E-state index contributed by atoms with van der Waals surface area (Å²) in [7, 11) is -5.02. The number of rotatable bonds is 4. The van der Waals surface area contributed by atoms with Crippen LogP contribution in [0.2, 0.25) is 0 Å². The first-order valence-electron chi connectivity index (χ1n) is 12.5. The maximum absolute atomic E-state index is 12.4. The molecule has 0 N–H and O–H groups in total. The van der Waals surface area contributed by atoms with Crippen molar-refractivity contribution in [3.05, 3.63) is 29.8 Å². The third-order valence-corrected chi connectivity index (χ3v) is 3.20. The van der Waals surface area contributed by atoms with E-state index in [0.717, 1.165) is 18.2 Å². The Morgan fingerprint density at radius 2 is 2.47 bits per heavy atom. The number of hydrogen-bond donors (Lipinski definition) is 0. The summed E-state index contributed by atoms with van der Waals surface area (Å²) < 4.78 is 138. The number of likely N-dealkylation sites (tertiary alicyclic amines) is 1. The smallest absolute Gasteiger partial charge is 0.175 e. The van der Waals surface area contributed by atoms with E-state index in [1.165, 1.54) is 6.92 Å². The summed E-state index contributed by atoms with van der Waals surface area (Å²) in [5.41, 5.74) is -0.806. The summed E-state index contributed by atoms with van der Waals surface area (Å²) in [6.45, 7) is -8.86. The zero-order valence-corrected chi connectivity index (χ0v) is 11.0. The first-order valence-corrected chi connectivity index (χ1v) is 7.03. The van der Waals surface area contributed by atoms with Gasteiger partial charge in [-0.2, -0.15) is 0 Å². The lowest BCUT2D eigenvalue weighted by Gasteiger charge is -2.32.